The summed E-state index contributed by atoms with van der Waals surface area (Å²) in [7, 11) is 1.43. The largest absolute Gasteiger partial charge is 0.468 e. The summed E-state index contributed by atoms with van der Waals surface area (Å²) >= 11 is 0. The number of esters is 1. The Balaban J connectivity index is 0.000000847. The molecule has 0 N–H and O–H groups in total. The molecule has 0 heterocycles. The highest BCUT2D eigenvalue weighted by molar-refractivity contribution is 6.07. The van der Waals surface area contributed by atoms with Gasteiger partial charge in [0.1, 0.15) is 0 Å². The van der Waals surface area contributed by atoms with E-state index in [1.807, 2.05) is 32.9 Å². The molecule has 3 nitrogen and oxygen atoms in total. The highest BCUT2D eigenvalue weighted by Gasteiger charge is 2.48. The van der Waals surface area contributed by atoms with Crippen LogP contribution in [0.3, 0.4) is 0 Å². The number of aryl methyl sites for hydroxylation is 2. The van der Waals surface area contributed by atoms with Crippen LogP contribution in [-0.2, 0) is 20.7 Å². The Morgan fingerprint density at radius 1 is 1.18 bits per heavy atom. The molecule has 2 aliphatic rings. The monoisotopic (exact) mass is 300 g/mol. The number of carbonyl (C=O) groups is 2. The molecule has 118 valence electrons. The summed E-state index contributed by atoms with van der Waals surface area (Å²) in [5, 5.41) is 0. The highest BCUT2D eigenvalue weighted by atomic mass is 16.5. The number of rotatable bonds is 1. The van der Waals surface area contributed by atoms with Crippen molar-refractivity contribution in [1.29, 1.82) is 0 Å². The Morgan fingerprint density at radius 3 is 2.55 bits per heavy atom. The summed E-state index contributed by atoms with van der Waals surface area (Å²) < 4.78 is 5.05. The van der Waals surface area contributed by atoms with Crippen molar-refractivity contribution in [3.8, 4) is 0 Å². The molecule has 0 spiro atoms. The lowest BCUT2D eigenvalue weighted by Gasteiger charge is -2.40. The molecule has 0 saturated carbocycles. The minimum atomic E-state index is -0.623. The molecule has 0 aliphatic heterocycles. The first-order chi connectivity index (χ1) is 10.6. The van der Waals surface area contributed by atoms with E-state index in [0.717, 1.165) is 29.5 Å². The van der Waals surface area contributed by atoms with Gasteiger partial charge in [0.25, 0.3) is 0 Å². The second-order valence-corrected chi connectivity index (χ2v) is 5.71. The number of hydrogen-bond acceptors (Lipinski definition) is 3. The fourth-order valence-corrected chi connectivity index (χ4v) is 3.59. The Kier molecular flexibility index (Phi) is 4.84. The molecule has 1 aromatic carbocycles. The third kappa shape index (κ3) is 2.49. The van der Waals surface area contributed by atoms with Crippen LogP contribution in [0.25, 0.3) is 5.57 Å². The summed E-state index contributed by atoms with van der Waals surface area (Å²) in [6, 6.07) is 6.15. The van der Waals surface area contributed by atoms with E-state index in [1.54, 1.807) is 6.08 Å². The Bertz CT molecular complexity index is 628. The molecule has 0 saturated heterocycles. The molecule has 0 bridgehead atoms. The van der Waals surface area contributed by atoms with Crippen LogP contribution in [0.15, 0.2) is 24.3 Å². The average Bonchev–Trinajstić information content (AvgIpc) is 2.56. The second-order valence-electron chi connectivity index (χ2n) is 5.71. The van der Waals surface area contributed by atoms with Crippen molar-refractivity contribution < 1.29 is 14.3 Å². The average molecular weight is 300 g/mol. The zero-order valence-electron chi connectivity index (χ0n) is 13.9. The van der Waals surface area contributed by atoms with E-state index < -0.39 is 5.41 Å². The third-order valence-electron chi connectivity index (χ3n) is 4.64. The number of ether oxygens (including phenoxy) is 1. The maximum atomic E-state index is 12.4. The van der Waals surface area contributed by atoms with Gasteiger partial charge in [-0.2, -0.15) is 0 Å². The topological polar surface area (TPSA) is 43.4 Å². The molecule has 2 aliphatic carbocycles. The molecule has 0 amide bonds. The maximum absolute atomic E-state index is 12.4. The lowest BCUT2D eigenvalue weighted by Crippen LogP contribution is -2.40. The summed E-state index contributed by atoms with van der Waals surface area (Å²) in [6.07, 6.45) is 4.26. The molecule has 0 fully saturated rings. The Labute approximate surface area is 132 Å². The van der Waals surface area contributed by atoms with E-state index in [9.17, 15) is 9.59 Å². The van der Waals surface area contributed by atoms with Gasteiger partial charge in [0.15, 0.2) is 5.78 Å². The Morgan fingerprint density at radius 2 is 1.86 bits per heavy atom. The molecule has 3 heteroatoms. The van der Waals surface area contributed by atoms with Crippen molar-refractivity contribution in [2.24, 2.45) is 5.41 Å². The number of hydrogen-bond donors (Lipinski definition) is 0. The van der Waals surface area contributed by atoms with Crippen molar-refractivity contribution in [2.45, 2.75) is 46.5 Å². The van der Waals surface area contributed by atoms with E-state index in [4.69, 9.17) is 4.74 Å². The second kappa shape index (κ2) is 6.47. The van der Waals surface area contributed by atoms with Crippen LogP contribution in [0.2, 0.25) is 0 Å². The van der Waals surface area contributed by atoms with Crippen LogP contribution in [-0.4, -0.2) is 18.9 Å². The van der Waals surface area contributed by atoms with Gasteiger partial charge < -0.3 is 4.74 Å². The van der Waals surface area contributed by atoms with Crippen LogP contribution < -0.4 is 0 Å². The number of methoxy groups -OCH3 is 1. The summed E-state index contributed by atoms with van der Waals surface area (Å²) in [4.78, 5) is 24.2. The minimum absolute atomic E-state index is 0.107. The summed E-state index contributed by atoms with van der Waals surface area (Å²) in [6.45, 7) is 6.03. The SMILES string of the molecule is CC.COC(=O)C12CCC(=O)C=C1c1c(C)cccc1CC2. The van der Waals surface area contributed by atoms with Gasteiger partial charge in [-0.05, 0) is 54.5 Å². The molecular formula is C19H24O3. The Hall–Kier alpha value is -1.90. The van der Waals surface area contributed by atoms with E-state index in [-0.39, 0.29) is 11.8 Å². The van der Waals surface area contributed by atoms with Gasteiger partial charge in [-0.1, -0.05) is 32.0 Å². The first kappa shape index (κ1) is 16.5. The van der Waals surface area contributed by atoms with Crippen LogP contribution in [0.4, 0.5) is 0 Å². The maximum Gasteiger partial charge on any atom is 0.316 e. The van der Waals surface area contributed by atoms with Gasteiger partial charge in [-0.15, -0.1) is 0 Å². The van der Waals surface area contributed by atoms with Crippen LogP contribution in [0.5, 0.6) is 0 Å². The van der Waals surface area contributed by atoms with Crippen LogP contribution in [0, 0.1) is 12.3 Å². The van der Waals surface area contributed by atoms with E-state index in [1.165, 1.54) is 12.7 Å². The molecule has 3 rings (SSSR count). The van der Waals surface area contributed by atoms with E-state index in [2.05, 4.69) is 6.07 Å². The zero-order chi connectivity index (χ0) is 16.3. The van der Waals surface area contributed by atoms with Crippen LogP contribution in [0.1, 0.15) is 49.8 Å². The van der Waals surface area contributed by atoms with Gasteiger partial charge in [0.2, 0.25) is 0 Å². The molecular weight excluding hydrogens is 276 g/mol. The minimum Gasteiger partial charge on any atom is -0.468 e. The summed E-state index contributed by atoms with van der Waals surface area (Å²) in [5.41, 5.74) is 3.68. The lowest BCUT2D eigenvalue weighted by atomic mass is 9.62. The molecule has 1 atom stereocenters. The fraction of sp³-hybridized carbons (Fsp3) is 0.474. The standard InChI is InChI=1S/C17H18O3.C2H6/c1-11-4-3-5-12-6-8-17(16(19)20-2)9-7-13(18)10-14(17)15(11)12;1-2/h3-5,10H,6-9H2,1-2H3;1-2H3. The fourth-order valence-electron chi connectivity index (χ4n) is 3.59. The van der Waals surface area contributed by atoms with Crippen molar-refractivity contribution in [3.63, 3.8) is 0 Å². The number of allylic oxidation sites excluding steroid dienone is 1. The van der Waals surface area contributed by atoms with Crippen LogP contribution >= 0.6 is 0 Å². The van der Waals surface area contributed by atoms with Crippen molar-refractivity contribution in [1.82, 2.24) is 0 Å². The number of carbonyl (C=O) groups excluding carboxylic acids is 2. The number of ketones is 1. The first-order valence-electron chi connectivity index (χ1n) is 8.01. The van der Waals surface area contributed by atoms with E-state index in [0.29, 0.717) is 12.8 Å². The quantitative estimate of drug-likeness (QED) is 0.739. The van der Waals surface area contributed by atoms with Gasteiger partial charge in [-0.3, -0.25) is 9.59 Å². The molecule has 0 radical (unpaired) electrons. The van der Waals surface area contributed by atoms with Gasteiger partial charge >= 0.3 is 5.97 Å². The third-order valence-corrected chi connectivity index (χ3v) is 4.64. The van der Waals surface area contributed by atoms with Crippen molar-refractivity contribution in [2.75, 3.05) is 7.11 Å². The van der Waals surface area contributed by atoms with Gasteiger partial charge in [-0.25, -0.2) is 0 Å². The smallest absolute Gasteiger partial charge is 0.316 e. The first-order valence-corrected chi connectivity index (χ1v) is 8.01. The number of benzene rings is 1. The molecule has 0 aromatic heterocycles. The molecule has 1 aromatic rings. The van der Waals surface area contributed by atoms with Crippen molar-refractivity contribution >= 4 is 17.3 Å². The van der Waals surface area contributed by atoms with E-state index >= 15 is 0 Å². The molecule has 22 heavy (non-hydrogen) atoms. The predicted octanol–water partition coefficient (Wildman–Crippen LogP) is 3.87. The van der Waals surface area contributed by atoms with Gasteiger partial charge in [0, 0.05) is 6.42 Å². The number of fused-ring (bicyclic) bond motifs is 3. The van der Waals surface area contributed by atoms with Crippen molar-refractivity contribution in [3.05, 3.63) is 41.0 Å². The normalized spacial score (nSPS) is 22.5. The molecule has 1 unspecified atom stereocenters. The lowest BCUT2D eigenvalue weighted by molar-refractivity contribution is -0.150. The highest BCUT2D eigenvalue weighted by Crippen LogP contribution is 2.51. The zero-order valence-corrected chi connectivity index (χ0v) is 13.9. The summed E-state index contributed by atoms with van der Waals surface area (Å²) in [5.74, 6) is -0.0965. The van der Waals surface area contributed by atoms with Gasteiger partial charge in [0.05, 0.1) is 12.5 Å². The predicted molar refractivity (Wildman–Crippen MR) is 87.5 cm³/mol.